The van der Waals surface area contributed by atoms with Crippen molar-refractivity contribution in [2.45, 2.75) is 25.6 Å². The lowest BCUT2D eigenvalue weighted by Crippen LogP contribution is -2.42. The van der Waals surface area contributed by atoms with Crippen molar-refractivity contribution in [2.24, 2.45) is 0 Å². The molecule has 1 heterocycles. The van der Waals surface area contributed by atoms with Gasteiger partial charge in [-0.15, -0.1) is 0 Å². The topological polar surface area (TPSA) is 32.7 Å². The van der Waals surface area contributed by atoms with Gasteiger partial charge in [0, 0.05) is 24.1 Å². The number of rotatable bonds is 4. The molecule has 0 bridgehead atoms. The number of hydrogen-bond donors (Lipinski definition) is 1. The first-order valence-corrected chi connectivity index (χ1v) is 7.26. The molecule has 1 unspecified atom stereocenters. The van der Waals surface area contributed by atoms with Gasteiger partial charge in [0.05, 0.1) is 18.8 Å². The molecule has 3 nitrogen and oxygen atoms in total. The number of β-amino-alcohol motifs (C(OH)–C–C–N with tert-alkyl or cyclic N) is 1. The summed E-state index contributed by atoms with van der Waals surface area (Å²) in [4.78, 5) is 2.28. The molecule has 1 aromatic carbocycles. The van der Waals surface area contributed by atoms with Crippen LogP contribution in [0.1, 0.15) is 25.0 Å². The highest BCUT2D eigenvalue weighted by atomic mass is 79.9. The van der Waals surface area contributed by atoms with Gasteiger partial charge in [0.1, 0.15) is 0 Å². The normalized spacial score (nSPS) is 22.9. The maximum atomic E-state index is 9.73. The van der Waals surface area contributed by atoms with Crippen LogP contribution in [0.25, 0.3) is 0 Å². The van der Waals surface area contributed by atoms with E-state index in [9.17, 15) is 5.11 Å². The van der Waals surface area contributed by atoms with Crippen LogP contribution in [0.2, 0.25) is 0 Å². The van der Waals surface area contributed by atoms with Gasteiger partial charge < -0.3 is 9.84 Å². The zero-order valence-corrected chi connectivity index (χ0v) is 12.3. The van der Waals surface area contributed by atoms with Gasteiger partial charge in [-0.05, 0) is 18.1 Å². The first kappa shape index (κ1) is 14.0. The molecule has 1 saturated heterocycles. The highest BCUT2D eigenvalue weighted by Gasteiger charge is 2.24. The average molecular weight is 314 g/mol. The molecule has 1 aromatic rings. The van der Waals surface area contributed by atoms with Crippen LogP contribution in [0, 0.1) is 0 Å². The Kier molecular flexibility index (Phi) is 5.18. The molecule has 0 amide bonds. The fraction of sp³-hybridized carbons (Fsp3) is 0.571. The lowest BCUT2D eigenvalue weighted by molar-refractivity contribution is -0.0425. The van der Waals surface area contributed by atoms with Crippen LogP contribution in [0.3, 0.4) is 0 Å². The van der Waals surface area contributed by atoms with Crippen LogP contribution < -0.4 is 0 Å². The van der Waals surface area contributed by atoms with E-state index in [0.717, 1.165) is 37.1 Å². The maximum absolute atomic E-state index is 9.73. The second kappa shape index (κ2) is 6.66. The van der Waals surface area contributed by atoms with Gasteiger partial charge in [-0.1, -0.05) is 41.1 Å². The highest BCUT2D eigenvalue weighted by molar-refractivity contribution is 9.10. The minimum Gasteiger partial charge on any atom is -0.392 e. The van der Waals surface area contributed by atoms with Gasteiger partial charge in [0.2, 0.25) is 0 Å². The monoisotopic (exact) mass is 313 g/mol. The molecule has 0 aromatic heterocycles. The van der Waals surface area contributed by atoms with Crippen LogP contribution in [-0.2, 0) is 4.74 Å². The predicted molar refractivity (Wildman–Crippen MR) is 75.6 cm³/mol. The summed E-state index contributed by atoms with van der Waals surface area (Å²) < 4.78 is 6.93. The number of hydrogen-bond acceptors (Lipinski definition) is 3. The van der Waals surface area contributed by atoms with Gasteiger partial charge in [0.15, 0.2) is 0 Å². The second-order valence-electron chi connectivity index (χ2n) is 4.70. The average Bonchev–Trinajstić information content (AvgIpc) is 2.39. The molecular formula is C14H20BrNO2. The largest absolute Gasteiger partial charge is 0.392 e. The van der Waals surface area contributed by atoms with E-state index in [-0.39, 0.29) is 12.2 Å². The van der Waals surface area contributed by atoms with E-state index in [2.05, 4.69) is 26.9 Å². The third-order valence-electron chi connectivity index (χ3n) is 3.34. The van der Waals surface area contributed by atoms with Gasteiger partial charge in [-0.25, -0.2) is 0 Å². The minimum absolute atomic E-state index is 0.0957. The summed E-state index contributed by atoms with van der Waals surface area (Å²) in [6.45, 7) is 5.22. The Balaban J connectivity index is 2.00. The molecule has 1 N–H and O–H groups in total. The smallest absolute Gasteiger partial charge is 0.0963 e. The minimum atomic E-state index is -0.233. The molecule has 0 radical (unpaired) electrons. The molecular weight excluding hydrogens is 294 g/mol. The van der Waals surface area contributed by atoms with Gasteiger partial charge in [-0.2, -0.15) is 0 Å². The Labute approximate surface area is 117 Å². The summed E-state index contributed by atoms with van der Waals surface area (Å²) in [6.07, 6.45) is 0.665. The molecule has 1 fully saturated rings. The molecule has 100 valence electrons. The Hall–Kier alpha value is -0.420. The van der Waals surface area contributed by atoms with Crippen molar-refractivity contribution in [3.63, 3.8) is 0 Å². The third kappa shape index (κ3) is 3.54. The summed E-state index contributed by atoms with van der Waals surface area (Å²) in [7, 11) is 0. The molecule has 18 heavy (non-hydrogen) atoms. The lowest BCUT2D eigenvalue weighted by atomic mass is 10.1. The molecule has 0 spiro atoms. The van der Waals surface area contributed by atoms with Crippen LogP contribution in [-0.4, -0.2) is 42.4 Å². The zero-order chi connectivity index (χ0) is 13.0. The van der Waals surface area contributed by atoms with Crippen LogP contribution in [0.5, 0.6) is 0 Å². The van der Waals surface area contributed by atoms with Crippen molar-refractivity contribution in [1.82, 2.24) is 4.90 Å². The predicted octanol–water partition coefficient (Wildman–Crippen LogP) is 2.59. The molecule has 2 atom stereocenters. The molecule has 1 aliphatic heterocycles. The number of halogens is 1. The van der Waals surface area contributed by atoms with Crippen LogP contribution >= 0.6 is 15.9 Å². The maximum Gasteiger partial charge on any atom is 0.0963 e. The van der Waals surface area contributed by atoms with Crippen molar-refractivity contribution in [3.8, 4) is 0 Å². The van der Waals surface area contributed by atoms with E-state index in [4.69, 9.17) is 4.74 Å². The van der Waals surface area contributed by atoms with E-state index in [1.807, 2.05) is 25.1 Å². The van der Waals surface area contributed by atoms with Crippen molar-refractivity contribution >= 4 is 15.9 Å². The van der Waals surface area contributed by atoms with Gasteiger partial charge in [-0.3, -0.25) is 4.90 Å². The summed E-state index contributed by atoms with van der Waals surface area (Å²) in [5, 5.41) is 9.73. The fourth-order valence-corrected chi connectivity index (χ4v) is 2.76. The Morgan fingerprint density at radius 1 is 1.50 bits per heavy atom. The van der Waals surface area contributed by atoms with Gasteiger partial charge in [0.25, 0.3) is 0 Å². The van der Waals surface area contributed by atoms with E-state index in [1.165, 1.54) is 5.56 Å². The Bertz CT molecular complexity index is 386. The fourth-order valence-electron chi connectivity index (χ4n) is 2.22. The Morgan fingerprint density at radius 3 is 3.00 bits per heavy atom. The first-order valence-electron chi connectivity index (χ1n) is 6.47. The summed E-state index contributed by atoms with van der Waals surface area (Å²) in [5.74, 6) is 0. The van der Waals surface area contributed by atoms with Crippen molar-refractivity contribution < 1.29 is 9.84 Å². The number of morpholine rings is 1. The van der Waals surface area contributed by atoms with Crippen molar-refractivity contribution in [3.05, 3.63) is 34.3 Å². The quantitative estimate of drug-likeness (QED) is 0.927. The number of ether oxygens (including phenoxy) is 1. The second-order valence-corrected chi connectivity index (χ2v) is 5.56. The van der Waals surface area contributed by atoms with Crippen LogP contribution in [0.15, 0.2) is 28.7 Å². The molecule has 0 saturated carbocycles. The number of aliphatic hydroxyl groups excluding tert-OH is 1. The van der Waals surface area contributed by atoms with Crippen molar-refractivity contribution in [2.75, 3.05) is 26.2 Å². The molecule has 1 aliphatic rings. The number of aliphatic hydroxyl groups is 1. The molecule has 0 aliphatic carbocycles. The van der Waals surface area contributed by atoms with E-state index in [1.54, 1.807) is 0 Å². The van der Waals surface area contributed by atoms with E-state index in [0.29, 0.717) is 0 Å². The number of nitrogens with zero attached hydrogens (tertiary/aromatic N) is 1. The highest BCUT2D eigenvalue weighted by Crippen LogP contribution is 2.28. The first-order chi connectivity index (χ1) is 8.70. The summed E-state index contributed by atoms with van der Waals surface area (Å²) in [5.41, 5.74) is 1.19. The molecule has 4 heteroatoms. The van der Waals surface area contributed by atoms with E-state index >= 15 is 0 Å². The van der Waals surface area contributed by atoms with Crippen molar-refractivity contribution in [1.29, 1.82) is 0 Å². The number of benzene rings is 1. The van der Waals surface area contributed by atoms with Crippen LogP contribution in [0.4, 0.5) is 0 Å². The van der Waals surface area contributed by atoms with E-state index < -0.39 is 0 Å². The standard InChI is InChI=1S/C14H20BrNO2/c1-2-11(17)9-16-7-8-18-14(10-16)12-5-3-4-6-13(12)15/h3-6,11,14,17H,2,7-10H2,1H3/t11-,14?/m1/s1. The molecule has 2 rings (SSSR count). The zero-order valence-electron chi connectivity index (χ0n) is 10.7. The third-order valence-corrected chi connectivity index (χ3v) is 4.07. The summed E-state index contributed by atoms with van der Waals surface area (Å²) in [6, 6.07) is 8.17. The summed E-state index contributed by atoms with van der Waals surface area (Å²) >= 11 is 3.57. The lowest BCUT2D eigenvalue weighted by Gasteiger charge is -2.34. The van der Waals surface area contributed by atoms with Gasteiger partial charge >= 0.3 is 0 Å². The Morgan fingerprint density at radius 2 is 2.28 bits per heavy atom. The SMILES string of the molecule is CC[C@@H](O)CN1CCOC(c2ccccc2Br)C1.